The first kappa shape index (κ1) is 8.56. The molecule has 0 aromatic heterocycles. The summed E-state index contributed by atoms with van der Waals surface area (Å²) in [5, 5.41) is 1.24. The summed E-state index contributed by atoms with van der Waals surface area (Å²) >= 11 is 6.06. The van der Waals surface area contributed by atoms with Gasteiger partial charge >= 0.3 is 0 Å². The standard InChI is InChI=1S/C9H11ClSi/c1-3-11(10)9-6-4-8(2)5-7-9/h3-7,11H,1H2,2H3. The number of aryl methyl sites for hydroxylation is 1. The molecule has 11 heavy (non-hydrogen) atoms. The lowest BCUT2D eigenvalue weighted by molar-refractivity contribution is 1.49. The fourth-order valence-corrected chi connectivity index (χ4v) is 2.16. The molecule has 0 N–H and O–H groups in total. The van der Waals surface area contributed by atoms with Gasteiger partial charge in [-0.15, -0.1) is 6.58 Å². The van der Waals surface area contributed by atoms with Crippen LogP contribution in [-0.2, 0) is 0 Å². The van der Waals surface area contributed by atoms with E-state index in [2.05, 4.69) is 37.8 Å². The monoisotopic (exact) mass is 182 g/mol. The van der Waals surface area contributed by atoms with Gasteiger partial charge in [-0.1, -0.05) is 35.5 Å². The Kier molecular flexibility index (Phi) is 2.91. The number of hydrogen-bond donors (Lipinski definition) is 0. The molecular weight excluding hydrogens is 172 g/mol. The molecule has 1 unspecified atom stereocenters. The summed E-state index contributed by atoms with van der Waals surface area (Å²) < 4.78 is 0. The minimum absolute atomic E-state index is 1.24. The zero-order valence-corrected chi connectivity index (χ0v) is 8.46. The molecule has 0 saturated heterocycles. The molecule has 1 aromatic rings. The van der Waals surface area contributed by atoms with E-state index in [0.717, 1.165) is 0 Å². The molecule has 58 valence electrons. The van der Waals surface area contributed by atoms with Crippen LogP contribution in [0.1, 0.15) is 5.56 Å². The van der Waals surface area contributed by atoms with E-state index in [-0.39, 0.29) is 0 Å². The molecule has 2 heteroatoms. The minimum Gasteiger partial charge on any atom is -0.160 e. The topological polar surface area (TPSA) is 0 Å². The summed E-state index contributed by atoms with van der Waals surface area (Å²) in [7, 11) is -1.32. The number of halogens is 1. The Morgan fingerprint density at radius 3 is 2.36 bits per heavy atom. The molecule has 1 rings (SSSR count). The molecule has 1 atom stereocenters. The van der Waals surface area contributed by atoms with Crippen molar-refractivity contribution in [3.05, 3.63) is 42.1 Å². The third-order valence-corrected chi connectivity index (χ3v) is 4.33. The third-order valence-electron chi connectivity index (χ3n) is 1.60. The predicted molar refractivity (Wildman–Crippen MR) is 54.0 cm³/mol. The highest BCUT2D eigenvalue weighted by molar-refractivity contribution is 7.17. The second kappa shape index (κ2) is 3.74. The number of rotatable bonds is 2. The molecule has 0 spiro atoms. The van der Waals surface area contributed by atoms with Crippen LogP contribution in [0.5, 0.6) is 0 Å². The first-order valence-electron chi connectivity index (χ1n) is 3.57. The van der Waals surface area contributed by atoms with Crippen LogP contribution >= 0.6 is 11.1 Å². The second-order valence-electron chi connectivity index (χ2n) is 2.55. The highest BCUT2D eigenvalue weighted by Gasteiger charge is 2.03. The average molecular weight is 183 g/mol. The zero-order valence-electron chi connectivity index (χ0n) is 6.55. The van der Waals surface area contributed by atoms with Gasteiger partial charge in [-0.25, -0.2) is 0 Å². The van der Waals surface area contributed by atoms with E-state index >= 15 is 0 Å². The highest BCUT2D eigenvalue weighted by atomic mass is 35.6. The molecular formula is C9H11ClSi. The van der Waals surface area contributed by atoms with Gasteiger partial charge in [0.15, 0.2) is 8.11 Å². The SMILES string of the molecule is C=C[SiH](Cl)c1ccc(C)cc1. The lowest BCUT2D eigenvalue weighted by atomic mass is 10.2. The maximum atomic E-state index is 6.06. The van der Waals surface area contributed by atoms with Gasteiger partial charge in [0.25, 0.3) is 0 Å². The van der Waals surface area contributed by atoms with Gasteiger partial charge in [-0.2, -0.15) is 11.1 Å². The minimum atomic E-state index is -1.32. The van der Waals surface area contributed by atoms with Crippen LogP contribution in [0.3, 0.4) is 0 Å². The van der Waals surface area contributed by atoms with E-state index in [0.29, 0.717) is 0 Å². The van der Waals surface area contributed by atoms with Crippen molar-refractivity contribution in [2.45, 2.75) is 6.92 Å². The molecule has 0 nitrogen and oxygen atoms in total. The molecule has 0 aliphatic heterocycles. The van der Waals surface area contributed by atoms with Crippen LogP contribution in [0.2, 0.25) is 0 Å². The largest absolute Gasteiger partial charge is 0.194 e. The molecule has 0 fully saturated rings. The Bertz CT molecular complexity index is 240. The molecule has 0 aliphatic rings. The van der Waals surface area contributed by atoms with E-state index < -0.39 is 8.11 Å². The van der Waals surface area contributed by atoms with Crippen molar-refractivity contribution in [3.63, 3.8) is 0 Å². The van der Waals surface area contributed by atoms with Crippen molar-refractivity contribution in [3.8, 4) is 0 Å². The molecule has 0 amide bonds. The first-order chi connectivity index (χ1) is 5.24. The van der Waals surface area contributed by atoms with Gasteiger partial charge in [0.1, 0.15) is 0 Å². The number of benzene rings is 1. The van der Waals surface area contributed by atoms with Gasteiger partial charge in [0.05, 0.1) is 0 Å². The smallest absolute Gasteiger partial charge is 0.160 e. The van der Waals surface area contributed by atoms with Gasteiger partial charge in [0.2, 0.25) is 0 Å². The van der Waals surface area contributed by atoms with Crippen molar-refractivity contribution < 1.29 is 0 Å². The van der Waals surface area contributed by atoms with Crippen LogP contribution < -0.4 is 5.19 Å². The van der Waals surface area contributed by atoms with Crippen molar-refractivity contribution in [1.29, 1.82) is 0 Å². The fraction of sp³-hybridized carbons (Fsp3) is 0.111. The summed E-state index contributed by atoms with van der Waals surface area (Å²) in [6.45, 7) is 5.76. The van der Waals surface area contributed by atoms with Crippen molar-refractivity contribution in [2.75, 3.05) is 0 Å². The summed E-state index contributed by atoms with van der Waals surface area (Å²) in [5.74, 6) is 0. The Labute approximate surface area is 73.8 Å². The Hall–Kier alpha value is -0.533. The van der Waals surface area contributed by atoms with E-state index in [1.54, 1.807) is 0 Å². The van der Waals surface area contributed by atoms with E-state index in [1.807, 2.05) is 5.70 Å². The Morgan fingerprint density at radius 2 is 1.91 bits per heavy atom. The van der Waals surface area contributed by atoms with Crippen LogP contribution in [0.15, 0.2) is 36.5 Å². The number of hydrogen-bond acceptors (Lipinski definition) is 0. The first-order valence-corrected chi connectivity index (χ1v) is 6.56. The fourth-order valence-electron chi connectivity index (χ4n) is 0.886. The van der Waals surface area contributed by atoms with Crippen molar-refractivity contribution in [2.24, 2.45) is 0 Å². The highest BCUT2D eigenvalue weighted by Crippen LogP contribution is 1.97. The molecule has 0 bridgehead atoms. The third kappa shape index (κ3) is 2.21. The molecule has 0 radical (unpaired) electrons. The maximum absolute atomic E-state index is 6.06. The lowest BCUT2D eigenvalue weighted by Crippen LogP contribution is -2.21. The van der Waals surface area contributed by atoms with Crippen molar-refractivity contribution >= 4 is 24.4 Å². The van der Waals surface area contributed by atoms with E-state index in [9.17, 15) is 0 Å². The van der Waals surface area contributed by atoms with Crippen LogP contribution in [-0.4, -0.2) is 8.11 Å². The van der Waals surface area contributed by atoms with Gasteiger partial charge in [0, 0.05) is 0 Å². The van der Waals surface area contributed by atoms with Gasteiger partial charge < -0.3 is 0 Å². The predicted octanol–water partition coefficient (Wildman–Crippen LogP) is 1.89. The summed E-state index contributed by atoms with van der Waals surface area (Å²) in [6.07, 6.45) is 0. The van der Waals surface area contributed by atoms with Crippen molar-refractivity contribution in [1.82, 2.24) is 0 Å². The Morgan fingerprint density at radius 1 is 1.36 bits per heavy atom. The normalized spacial score (nSPS) is 12.5. The summed E-state index contributed by atoms with van der Waals surface area (Å²) in [4.78, 5) is 0. The van der Waals surface area contributed by atoms with Crippen LogP contribution in [0, 0.1) is 6.92 Å². The van der Waals surface area contributed by atoms with Crippen LogP contribution in [0.25, 0.3) is 0 Å². The van der Waals surface area contributed by atoms with Gasteiger partial charge in [-0.05, 0) is 12.1 Å². The zero-order chi connectivity index (χ0) is 8.27. The molecule has 0 aliphatic carbocycles. The molecule has 0 heterocycles. The quantitative estimate of drug-likeness (QED) is 0.484. The maximum Gasteiger partial charge on any atom is 0.194 e. The van der Waals surface area contributed by atoms with E-state index in [4.69, 9.17) is 11.1 Å². The molecule has 1 aromatic carbocycles. The van der Waals surface area contributed by atoms with Crippen LogP contribution in [0.4, 0.5) is 0 Å². The summed E-state index contributed by atoms with van der Waals surface area (Å²) in [5.41, 5.74) is 3.14. The lowest BCUT2D eigenvalue weighted by Gasteiger charge is -2.01. The van der Waals surface area contributed by atoms with Gasteiger partial charge in [-0.3, -0.25) is 0 Å². The second-order valence-corrected chi connectivity index (χ2v) is 5.90. The average Bonchev–Trinajstić information content (AvgIpc) is 2.05. The molecule has 0 saturated carbocycles. The van der Waals surface area contributed by atoms with E-state index in [1.165, 1.54) is 10.8 Å². The Balaban J connectivity index is 2.89. The summed E-state index contributed by atoms with van der Waals surface area (Å²) in [6, 6.07) is 8.34.